The van der Waals surface area contributed by atoms with Gasteiger partial charge in [-0.25, -0.2) is 4.68 Å². The maximum absolute atomic E-state index is 12.6. The van der Waals surface area contributed by atoms with Crippen LogP contribution in [0.1, 0.15) is 10.5 Å². The van der Waals surface area contributed by atoms with Crippen LogP contribution in [0.5, 0.6) is 17.2 Å². The summed E-state index contributed by atoms with van der Waals surface area (Å²) in [5, 5.41) is 13.0. The van der Waals surface area contributed by atoms with Gasteiger partial charge in [-0.15, -0.1) is 5.10 Å². The fourth-order valence-corrected chi connectivity index (χ4v) is 2.73. The first kappa shape index (κ1) is 21.4. The van der Waals surface area contributed by atoms with Gasteiger partial charge in [0.1, 0.15) is 23.8 Å². The minimum absolute atomic E-state index is 0.0554. The van der Waals surface area contributed by atoms with Crippen molar-refractivity contribution in [1.29, 1.82) is 0 Å². The maximum Gasteiger partial charge on any atom is 0.280 e. The molecular formula is C20H22N6O5. The molecule has 0 spiro atoms. The van der Waals surface area contributed by atoms with E-state index in [0.29, 0.717) is 28.6 Å². The molecule has 0 aliphatic rings. The first-order chi connectivity index (χ1) is 14.9. The highest BCUT2D eigenvalue weighted by atomic mass is 16.5. The average molecular weight is 426 g/mol. The summed E-state index contributed by atoms with van der Waals surface area (Å²) in [7, 11) is 4.52. The molecule has 11 nitrogen and oxygen atoms in total. The van der Waals surface area contributed by atoms with Gasteiger partial charge in [-0.05, 0) is 24.3 Å². The van der Waals surface area contributed by atoms with Crippen molar-refractivity contribution in [2.24, 2.45) is 0 Å². The van der Waals surface area contributed by atoms with Crippen LogP contribution in [0.2, 0.25) is 0 Å². The van der Waals surface area contributed by atoms with Crippen LogP contribution in [0.3, 0.4) is 0 Å². The van der Waals surface area contributed by atoms with Crippen molar-refractivity contribution in [3.63, 3.8) is 0 Å². The van der Waals surface area contributed by atoms with E-state index in [9.17, 15) is 9.59 Å². The summed E-state index contributed by atoms with van der Waals surface area (Å²) in [5.41, 5.74) is 6.79. The maximum atomic E-state index is 12.6. The molecule has 2 amide bonds. The van der Waals surface area contributed by atoms with Gasteiger partial charge in [-0.1, -0.05) is 11.3 Å². The molecule has 2 aromatic carbocycles. The summed E-state index contributed by atoms with van der Waals surface area (Å²) >= 11 is 0. The third-order valence-corrected chi connectivity index (χ3v) is 4.29. The molecule has 0 aliphatic heterocycles. The van der Waals surface area contributed by atoms with E-state index in [2.05, 4.69) is 20.9 Å². The number of nitrogen functional groups attached to an aromatic ring is 1. The van der Waals surface area contributed by atoms with Crippen LogP contribution in [0.4, 0.5) is 17.2 Å². The van der Waals surface area contributed by atoms with E-state index in [1.807, 2.05) is 0 Å². The number of methoxy groups -OCH3 is 3. The molecular weight excluding hydrogens is 404 g/mol. The molecule has 0 fully saturated rings. The SMILES string of the molecule is COc1cccc(NC(=O)Cn2nnc(C(=O)Nc3cc(OC)ccc3OC)c2N)c1. The number of benzene rings is 2. The molecule has 0 radical (unpaired) electrons. The van der Waals surface area contributed by atoms with Crippen LogP contribution < -0.4 is 30.6 Å². The Hall–Kier alpha value is -4.28. The van der Waals surface area contributed by atoms with E-state index < -0.39 is 11.8 Å². The highest BCUT2D eigenvalue weighted by molar-refractivity contribution is 6.06. The normalized spacial score (nSPS) is 10.3. The van der Waals surface area contributed by atoms with Crippen molar-refractivity contribution >= 4 is 29.0 Å². The van der Waals surface area contributed by atoms with E-state index in [1.165, 1.54) is 21.3 Å². The largest absolute Gasteiger partial charge is 0.497 e. The Balaban J connectivity index is 1.71. The zero-order valence-corrected chi connectivity index (χ0v) is 17.2. The Morgan fingerprint density at radius 2 is 1.74 bits per heavy atom. The quantitative estimate of drug-likeness (QED) is 0.495. The highest BCUT2D eigenvalue weighted by Crippen LogP contribution is 2.29. The molecule has 31 heavy (non-hydrogen) atoms. The van der Waals surface area contributed by atoms with Crippen LogP contribution in [0.25, 0.3) is 0 Å². The van der Waals surface area contributed by atoms with Gasteiger partial charge in [0.25, 0.3) is 5.91 Å². The molecule has 3 aromatic rings. The summed E-state index contributed by atoms with van der Waals surface area (Å²) in [5.74, 6) is 0.500. The number of rotatable bonds is 8. The molecule has 11 heteroatoms. The second-order valence-electron chi connectivity index (χ2n) is 6.28. The van der Waals surface area contributed by atoms with Crippen molar-refractivity contribution in [2.75, 3.05) is 37.7 Å². The van der Waals surface area contributed by atoms with E-state index >= 15 is 0 Å². The van der Waals surface area contributed by atoms with Gasteiger partial charge in [0, 0.05) is 17.8 Å². The molecule has 0 unspecified atom stereocenters. The highest BCUT2D eigenvalue weighted by Gasteiger charge is 2.20. The molecule has 0 atom stereocenters. The first-order valence-corrected chi connectivity index (χ1v) is 9.11. The smallest absolute Gasteiger partial charge is 0.280 e. The van der Waals surface area contributed by atoms with Crippen molar-refractivity contribution < 1.29 is 23.8 Å². The standard InChI is InChI=1S/C20H22N6O5/c1-29-13-6-4-5-12(9-13)22-17(27)11-26-19(21)18(24-25-26)20(28)23-15-10-14(30-2)7-8-16(15)31-3/h4-10H,11,21H2,1-3H3,(H,22,27)(H,23,28). The summed E-state index contributed by atoms with van der Waals surface area (Å²) in [6, 6.07) is 11.8. The monoisotopic (exact) mass is 426 g/mol. The molecule has 1 heterocycles. The molecule has 4 N–H and O–H groups in total. The summed E-state index contributed by atoms with van der Waals surface area (Å²) in [6.07, 6.45) is 0. The van der Waals surface area contributed by atoms with Gasteiger partial charge in [-0.2, -0.15) is 0 Å². The number of amides is 2. The van der Waals surface area contributed by atoms with Gasteiger partial charge in [0.2, 0.25) is 5.91 Å². The number of carbonyl (C=O) groups excluding carboxylic acids is 2. The fourth-order valence-electron chi connectivity index (χ4n) is 2.73. The topological polar surface area (TPSA) is 143 Å². The molecule has 0 bridgehead atoms. The molecule has 0 saturated carbocycles. The number of nitrogens with one attached hydrogen (secondary N) is 2. The molecule has 162 valence electrons. The Morgan fingerprint density at radius 3 is 2.45 bits per heavy atom. The van der Waals surface area contributed by atoms with Crippen molar-refractivity contribution in [3.8, 4) is 17.2 Å². The summed E-state index contributed by atoms with van der Waals surface area (Å²) < 4.78 is 16.7. The summed E-state index contributed by atoms with van der Waals surface area (Å²) in [4.78, 5) is 25.0. The van der Waals surface area contributed by atoms with Crippen LogP contribution >= 0.6 is 0 Å². The van der Waals surface area contributed by atoms with Crippen molar-refractivity contribution in [1.82, 2.24) is 15.0 Å². The van der Waals surface area contributed by atoms with Crippen LogP contribution in [-0.4, -0.2) is 48.1 Å². The average Bonchev–Trinajstić information content (AvgIpc) is 3.13. The van der Waals surface area contributed by atoms with Gasteiger partial charge >= 0.3 is 0 Å². The number of nitrogens with zero attached hydrogens (tertiary/aromatic N) is 3. The molecule has 1 aromatic heterocycles. The van der Waals surface area contributed by atoms with Gasteiger partial charge in [0.05, 0.1) is 27.0 Å². The van der Waals surface area contributed by atoms with Crippen LogP contribution in [-0.2, 0) is 11.3 Å². The van der Waals surface area contributed by atoms with E-state index in [0.717, 1.165) is 4.68 Å². The van der Waals surface area contributed by atoms with E-state index in [1.54, 1.807) is 42.5 Å². The van der Waals surface area contributed by atoms with Crippen molar-refractivity contribution in [3.05, 3.63) is 48.2 Å². The number of carbonyl (C=O) groups is 2. The number of nitrogens with two attached hydrogens (primary N) is 1. The second kappa shape index (κ2) is 9.48. The number of anilines is 3. The fraction of sp³-hybridized carbons (Fsp3) is 0.200. The Kier molecular flexibility index (Phi) is 6.55. The first-order valence-electron chi connectivity index (χ1n) is 9.11. The van der Waals surface area contributed by atoms with Crippen LogP contribution in [0.15, 0.2) is 42.5 Å². The molecule has 0 saturated heterocycles. The Morgan fingerprint density at radius 1 is 1.00 bits per heavy atom. The lowest BCUT2D eigenvalue weighted by Gasteiger charge is -2.11. The van der Waals surface area contributed by atoms with E-state index in [4.69, 9.17) is 19.9 Å². The zero-order valence-electron chi connectivity index (χ0n) is 17.2. The number of ether oxygens (including phenoxy) is 3. The second-order valence-corrected chi connectivity index (χ2v) is 6.28. The number of hydrogen-bond acceptors (Lipinski definition) is 8. The van der Waals surface area contributed by atoms with Gasteiger partial charge in [0.15, 0.2) is 11.5 Å². The minimum atomic E-state index is -0.608. The van der Waals surface area contributed by atoms with Gasteiger partial charge < -0.3 is 30.6 Å². The third-order valence-electron chi connectivity index (χ3n) is 4.29. The van der Waals surface area contributed by atoms with Crippen molar-refractivity contribution in [2.45, 2.75) is 6.54 Å². The van der Waals surface area contributed by atoms with Gasteiger partial charge in [-0.3, -0.25) is 9.59 Å². The molecule has 3 rings (SSSR count). The summed E-state index contributed by atoms with van der Waals surface area (Å²) in [6.45, 7) is -0.230. The number of aromatic nitrogens is 3. The minimum Gasteiger partial charge on any atom is -0.497 e. The Labute approximate surface area is 178 Å². The predicted octanol–water partition coefficient (Wildman–Crippen LogP) is 1.78. The van der Waals surface area contributed by atoms with E-state index in [-0.39, 0.29) is 18.1 Å². The molecule has 0 aliphatic carbocycles. The Bertz CT molecular complexity index is 1100. The lowest BCUT2D eigenvalue weighted by molar-refractivity contribution is -0.116. The third kappa shape index (κ3) is 5.01. The lowest BCUT2D eigenvalue weighted by atomic mass is 10.2. The predicted molar refractivity (Wildman–Crippen MR) is 114 cm³/mol. The van der Waals surface area contributed by atoms with Crippen LogP contribution in [0, 0.1) is 0 Å². The lowest BCUT2D eigenvalue weighted by Crippen LogP contribution is -2.21. The zero-order chi connectivity index (χ0) is 22.4. The number of hydrogen-bond donors (Lipinski definition) is 3.